The van der Waals surface area contributed by atoms with Crippen LogP contribution >= 0.6 is 11.6 Å². The Morgan fingerprint density at radius 3 is 2.36 bits per heavy atom. The fraction of sp³-hybridized carbons (Fsp3) is 0.0833. The van der Waals surface area contributed by atoms with E-state index in [0.717, 1.165) is 27.6 Å². The van der Waals surface area contributed by atoms with E-state index < -0.39 is 5.97 Å². The number of carbonyl (C=O) groups excluding carboxylic acids is 1. The Kier molecular flexibility index (Phi) is 5.09. The molecule has 0 amide bonds. The maximum atomic E-state index is 13.1. The zero-order valence-electron chi connectivity index (χ0n) is 15.4. The predicted octanol–water partition coefficient (Wildman–Crippen LogP) is 6.22. The van der Waals surface area contributed by atoms with E-state index in [1.807, 2.05) is 79.7 Å². The number of esters is 1. The van der Waals surface area contributed by atoms with Gasteiger partial charge < -0.3 is 4.74 Å². The molecule has 3 aromatic carbocycles. The van der Waals surface area contributed by atoms with Gasteiger partial charge in [-0.3, -0.25) is 4.98 Å². The minimum atomic E-state index is -0.394. The maximum absolute atomic E-state index is 13.1. The van der Waals surface area contributed by atoms with Crippen molar-refractivity contribution in [3.63, 3.8) is 0 Å². The van der Waals surface area contributed by atoms with Crippen LogP contribution in [0, 0.1) is 6.92 Å². The van der Waals surface area contributed by atoms with E-state index in [0.29, 0.717) is 16.3 Å². The average molecular weight is 388 g/mol. The first-order valence-electron chi connectivity index (χ1n) is 9.00. The quantitative estimate of drug-likeness (QED) is 0.390. The monoisotopic (exact) mass is 387 g/mol. The van der Waals surface area contributed by atoms with Gasteiger partial charge in [-0.05, 0) is 36.2 Å². The second-order valence-corrected chi connectivity index (χ2v) is 6.97. The van der Waals surface area contributed by atoms with E-state index in [1.165, 1.54) is 0 Å². The number of halogens is 1. The van der Waals surface area contributed by atoms with Gasteiger partial charge in [0, 0.05) is 16.0 Å². The van der Waals surface area contributed by atoms with Crippen molar-refractivity contribution >= 4 is 28.5 Å². The van der Waals surface area contributed by atoms with Crippen LogP contribution in [0.1, 0.15) is 21.6 Å². The number of benzene rings is 3. The maximum Gasteiger partial charge on any atom is 0.340 e. The van der Waals surface area contributed by atoms with Gasteiger partial charge in [0.25, 0.3) is 0 Å². The molecule has 3 nitrogen and oxygen atoms in total. The highest BCUT2D eigenvalue weighted by atomic mass is 35.5. The highest BCUT2D eigenvalue weighted by molar-refractivity contribution is 6.31. The fourth-order valence-corrected chi connectivity index (χ4v) is 3.48. The summed E-state index contributed by atoms with van der Waals surface area (Å²) in [4.78, 5) is 17.7. The summed E-state index contributed by atoms with van der Waals surface area (Å²) in [6.07, 6.45) is 0. The van der Waals surface area contributed by atoms with Crippen LogP contribution in [0.4, 0.5) is 0 Å². The number of nitrogens with zero attached hydrogens (tertiary/aromatic N) is 1. The smallest absolute Gasteiger partial charge is 0.340 e. The first kappa shape index (κ1) is 18.2. The molecular weight excluding hydrogens is 370 g/mol. The largest absolute Gasteiger partial charge is 0.457 e. The summed E-state index contributed by atoms with van der Waals surface area (Å²) in [5.41, 5.74) is 4.55. The van der Waals surface area contributed by atoms with Crippen LogP contribution < -0.4 is 0 Å². The van der Waals surface area contributed by atoms with Gasteiger partial charge in [-0.15, -0.1) is 0 Å². The number of aromatic nitrogens is 1. The first-order valence-corrected chi connectivity index (χ1v) is 9.37. The van der Waals surface area contributed by atoms with Crippen molar-refractivity contribution in [3.05, 3.63) is 101 Å². The molecule has 0 spiro atoms. The number of pyridine rings is 1. The lowest BCUT2D eigenvalue weighted by atomic mass is 9.94. The number of carbonyl (C=O) groups is 1. The van der Waals surface area contributed by atoms with Gasteiger partial charge in [0.05, 0.1) is 16.8 Å². The molecule has 0 saturated carbocycles. The Morgan fingerprint density at radius 1 is 0.964 bits per heavy atom. The molecule has 0 saturated heterocycles. The van der Waals surface area contributed by atoms with E-state index in [4.69, 9.17) is 16.3 Å². The average Bonchev–Trinajstić information content (AvgIpc) is 2.73. The van der Waals surface area contributed by atoms with Gasteiger partial charge in [-0.25, -0.2) is 4.79 Å². The Morgan fingerprint density at radius 2 is 1.64 bits per heavy atom. The highest BCUT2D eigenvalue weighted by Crippen LogP contribution is 2.35. The van der Waals surface area contributed by atoms with Crippen molar-refractivity contribution in [2.75, 3.05) is 0 Å². The Balaban J connectivity index is 1.85. The lowest BCUT2D eigenvalue weighted by Crippen LogP contribution is -2.11. The number of fused-ring (bicyclic) bond motifs is 1. The zero-order valence-corrected chi connectivity index (χ0v) is 16.1. The minimum absolute atomic E-state index is 0.209. The standard InChI is InChI=1S/C24H18ClNO2/c1-16-22(24(27)28-15-17-8-4-2-5-9-17)23(18-10-6-3-7-11-18)20-14-19(25)12-13-21(20)26-16/h2-14H,15H2,1H3. The summed E-state index contributed by atoms with van der Waals surface area (Å²) in [6, 6.07) is 24.9. The van der Waals surface area contributed by atoms with Gasteiger partial charge in [0.15, 0.2) is 0 Å². The minimum Gasteiger partial charge on any atom is -0.457 e. The fourth-order valence-electron chi connectivity index (χ4n) is 3.31. The molecule has 0 unspecified atom stereocenters. The van der Waals surface area contributed by atoms with Gasteiger partial charge in [-0.2, -0.15) is 0 Å². The molecule has 0 aliphatic heterocycles. The van der Waals surface area contributed by atoms with E-state index in [1.54, 1.807) is 6.07 Å². The number of hydrogen-bond acceptors (Lipinski definition) is 3. The van der Waals surface area contributed by atoms with Gasteiger partial charge in [0.2, 0.25) is 0 Å². The van der Waals surface area contributed by atoms with Crippen molar-refractivity contribution in [3.8, 4) is 11.1 Å². The Hall–Kier alpha value is -3.17. The van der Waals surface area contributed by atoms with Crippen LogP contribution in [-0.4, -0.2) is 11.0 Å². The molecular formula is C24H18ClNO2. The molecule has 4 aromatic rings. The molecule has 0 bridgehead atoms. The first-order chi connectivity index (χ1) is 13.6. The predicted molar refractivity (Wildman–Crippen MR) is 112 cm³/mol. The van der Waals surface area contributed by atoms with Crippen LogP contribution in [0.25, 0.3) is 22.0 Å². The molecule has 0 atom stereocenters. The number of aryl methyl sites for hydroxylation is 1. The second kappa shape index (κ2) is 7.83. The highest BCUT2D eigenvalue weighted by Gasteiger charge is 2.22. The molecule has 0 aliphatic rings. The molecule has 0 N–H and O–H groups in total. The van der Waals surface area contributed by atoms with Crippen LogP contribution in [-0.2, 0) is 11.3 Å². The third kappa shape index (κ3) is 3.62. The van der Waals surface area contributed by atoms with E-state index in [-0.39, 0.29) is 6.61 Å². The normalized spacial score (nSPS) is 10.8. The molecule has 0 radical (unpaired) electrons. The van der Waals surface area contributed by atoms with Crippen molar-refractivity contribution in [1.29, 1.82) is 0 Å². The van der Waals surface area contributed by atoms with Crippen LogP contribution in [0.2, 0.25) is 5.02 Å². The molecule has 4 rings (SSSR count). The Labute approximate surface area is 168 Å². The topological polar surface area (TPSA) is 39.2 Å². The number of hydrogen-bond donors (Lipinski definition) is 0. The number of ether oxygens (including phenoxy) is 1. The molecule has 28 heavy (non-hydrogen) atoms. The van der Waals surface area contributed by atoms with Crippen LogP contribution in [0.5, 0.6) is 0 Å². The summed E-state index contributed by atoms with van der Waals surface area (Å²) in [5.74, 6) is -0.394. The van der Waals surface area contributed by atoms with Crippen molar-refractivity contribution in [2.45, 2.75) is 13.5 Å². The summed E-state index contributed by atoms with van der Waals surface area (Å²) < 4.78 is 5.62. The summed E-state index contributed by atoms with van der Waals surface area (Å²) in [6.45, 7) is 2.04. The van der Waals surface area contributed by atoms with E-state index >= 15 is 0 Å². The van der Waals surface area contributed by atoms with E-state index in [9.17, 15) is 4.79 Å². The molecule has 0 aliphatic carbocycles. The van der Waals surface area contributed by atoms with Crippen molar-refractivity contribution < 1.29 is 9.53 Å². The second-order valence-electron chi connectivity index (χ2n) is 6.54. The summed E-state index contributed by atoms with van der Waals surface area (Å²) in [7, 11) is 0. The SMILES string of the molecule is Cc1nc2ccc(Cl)cc2c(-c2ccccc2)c1C(=O)OCc1ccccc1. The third-order valence-electron chi connectivity index (χ3n) is 4.61. The Bertz CT molecular complexity index is 1140. The third-order valence-corrected chi connectivity index (χ3v) is 4.84. The summed E-state index contributed by atoms with van der Waals surface area (Å²) >= 11 is 6.25. The van der Waals surface area contributed by atoms with Crippen molar-refractivity contribution in [2.24, 2.45) is 0 Å². The van der Waals surface area contributed by atoms with E-state index in [2.05, 4.69) is 4.98 Å². The molecule has 0 fully saturated rings. The van der Waals surface area contributed by atoms with Crippen LogP contribution in [0.15, 0.2) is 78.9 Å². The molecule has 138 valence electrons. The van der Waals surface area contributed by atoms with Gasteiger partial charge in [-0.1, -0.05) is 72.3 Å². The molecule has 4 heteroatoms. The summed E-state index contributed by atoms with van der Waals surface area (Å²) in [5, 5.41) is 1.43. The van der Waals surface area contributed by atoms with Gasteiger partial charge >= 0.3 is 5.97 Å². The molecule has 1 heterocycles. The van der Waals surface area contributed by atoms with Crippen LogP contribution in [0.3, 0.4) is 0 Å². The lowest BCUT2D eigenvalue weighted by molar-refractivity contribution is 0.0472. The van der Waals surface area contributed by atoms with Crippen molar-refractivity contribution in [1.82, 2.24) is 4.98 Å². The van der Waals surface area contributed by atoms with Gasteiger partial charge in [0.1, 0.15) is 6.61 Å². The lowest BCUT2D eigenvalue weighted by Gasteiger charge is -2.15. The number of rotatable bonds is 4. The zero-order chi connectivity index (χ0) is 19.5. The molecule has 1 aromatic heterocycles.